The first-order chi connectivity index (χ1) is 12.3. The average molecular weight is 354 g/mol. The van der Waals surface area contributed by atoms with Crippen LogP contribution in [0.4, 0.5) is 0 Å². The van der Waals surface area contributed by atoms with Gasteiger partial charge in [0.1, 0.15) is 17.8 Å². The SMILES string of the molecule is COc1ccc(OC)c(C=Nn2cnnc2SCc2ccccc2)c1. The Balaban J connectivity index is 1.75. The van der Waals surface area contributed by atoms with Crippen molar-refractivity contribution >= 4 is 18.0 Å². The molecule has 0 aliphatic rings. The maximum Gasteiger partial charge on any atom is 0.212 e. The molecule has 0 N–H and O–H groups in total. The molecular weight excluding hydrogens is 336 g/mol. The topological polar surface area (TPSA) is 61.5 Å². The second-order valence-electron chi connectivity index (χ2n) is 5.08. The van der Waals surface area contributed by atoms with E-state index >= 15 is 0 Å². The summed E-state index contributed by atoms with van der Waals surface area (Å²) in [5, 5.41) is 13.2. The number of methoxy groups -OCH3 is 2. The van der Waals surface area contributed by atoms with E-state index < -0.39 is 0 Å². The molecule has 1 aromatic heterocycles. The van der Waals surface area contributed by atoms with Gasteiger partial charge in [0, 0.05) is 11.3 Å². The Labute approximate surface area is 150 Å². The summed E-state index contributed by atoms with van der Waals surface area (Å²) in [7, 11) is 3.25. The molecule has 1 heterocycles. The van der Waals surface area contributed by atoms with Crippen molar-refractivity contribution in [2.24, 2.45) is 5.10 Å². The van der Waals surface area contributed by atoms with Gasteiger partial charge in [0.05, 0.1) is 20.4 Å². The predicted octanol–water partition coefficient (Wildman–Crippen LogP) is 3.47. The minimum atomic E-state index is 0.719. The molecule has 3 rings (SSSR count). The summed E-state index contributed by atoms with van der Waals surface area (Å²) < 4.78 is 12.3. The molecule has 0 unspecified atom stereocenters. The summed E-state index contributed by atoms with van der Waals surface area (Å²) in [6, 6.07) is 15.8. The van der Waals surface area contributed by atoms with Crippen molar-refractivity contribution in [3.63, 3.8) is 0 Å². The molecule has 0 aliphatic carbocycles. The van der Waals surface area contributed by atoms with Crippen molar-refractivity contribution in [3.05, 3.63) is 66.0 Å². The van der Waals surface area contributed by atoms with Crippen molar-refractivity contribution < 1.29 is 9.47 Å². The Hall–Kier alpha value is -2.80. The summed E-state index contributed by atoms with van der Waals surface area (Å²) in [6.07, 6.45) is 3.29. The summed E-state index contributed by atoms with van der Waals surface area (Å²) in [5.41, 5.74) is 2.04. The van der Waals surface area contributed by atoms with Gasteiger partial charge in [-0.1, -0.05) is 42.1 Å². The lowest BCUT2D eigenvalue weighted by Crippen LogP contribution is -1.96. The third-order valence-corrected chi connectivity index (χ3v) is 4.47. The standard InChI is InChI=1S/C18H18N4O2S/c1-23-16-8-9-17(24-2)15(10-16)11-20-22-13-19-21-18(22)25-12-14-6-4-3-5-7-14/h3-11,13H,12H2,1-2H3. The van der Waals surface area contributed by atoms with Crippen LogP contribution in [0.15, 0.2) is 65.1 Å². The van der Waals surface area contributed by atoms with Gasteiger partial charge in [-0.05, 0) is 23.8 Å². The van der Waals surface area contributed by atoms with Crippen LogP contribution in [0.5, 0.6) is 11.5 Å². The maximum absolute atomic E-state index is 5.36. The molecule has 6 nitrogen and oxygen atoms in total. The fraction of sp³-hybridized carbons (Fsp3) is 0.167. The van der Waals surface area contributed by atoms with Gasteiger partial charge in [-0.25, -0.2) is 0 Å². The second kappa shape index (κ2) is 8.34. The largest absolute Gasteiger partial charge is 0.497 e. The Morgan fingerprint density at radius 3 is 2.72 bits per heavy atom. The van der Waals surface area contributed by atoms with Gasteiger partial charge in [0.25, 0.3) is 0 Å². The molecule has 0 aliphatic heterocycles. The average Bonchev–Trinajstić information content (AvgIpc) is 3.12. The lowest BCUT2D eigenvalue weighted by molar-refractivity contribution is 0.402. The molecule has 0 spiro atoms. The van der Waals surface area contributed by atoms with E-state index in [0.29, 0.717) is 0 Å². The van der Waals surface area contributed by atoms with E-state index in [9.17, 15) is 0 Å². The summed E-state index contributed by atoms with van der Waals surface area (Å²) >= 11 is 1.58. The van der Waals surface area contributed by atoms with E-state index in [2.05, 4.69) is 27.4 Å². The van der Waals surface area contributed by atoms with Gasteiger partial charge >= 0.3 is 0 Å². The highest BCUT2D eigenvalue weighted by Gasteiger charge is 2.06. The Morgan fingerprint density at radius 2 is 1.96 bits per heavy atom. The van der Waals surface area contributed by atoms with Crippen LogP contribution < -0.4 is 9.47 Å². The lowest BCUT2D eigenvalue weighted by Gasteiger charge is -2.07. The third-order valence-electron chi connectivity index (χ3n) is 3.47. The number of benzene rings is 2. The summed E-state index contributed by atoms with van der Waals surface area (Å²) in [5.74, 6) is 2.26. The van der Waals surface area contributed by atoms with Crippen molar-refractivity contribution in [2.75, 3.05) is 14.2 Å². The highest BCUT2D eigenvalue weighted by atomic mass is 32.2. The van der Waals surface area contributed by atoms with E-state index in [1.807, 2.05) is 36.4 Å². The zero-order chi connectivity index (χ0) is 17.5. The fourth-order valence-electron chi connectivity index (χ4n) is 2.18. The van der Waals surface area contributed by atoms with Crippen LogP contribution >= 0.6 is 11.8 Å². The number of hydrogen-bond acceptors (Lipinski definition) is 6. The van der Waals surface area contributed by atoms with Crippen LogP contribution in [-0.4, -0.2) is 35.3 Å². The van der Waals surface area contributed by atoms with Gasteiger partial charge in [0.15, 0.2) is 0 Å². The minimum absolute atomic E-state index is 0.719. The predicted molar refractivity (Wildman–Crippen MR) is 98.6 cm³/mol. The van der Waals surface area contributed by atoms with Gasteiger partial charge in [-0.15, -0.1) is 10.2 Å². The molecule has 3 aromatic rings. The van der Waals surface area contributed by atoms with Crippen LogP contribution in [0, 0.1) is 0 Å². The molecule has 7 heteroatoms. The fourth-order valence-corrected chi connectivity index (χ4v) is 3.00. The van der Waals surface area contributed by atoms with E-state index in [1.54, 1.807) is 43.2 Å². The molecule has 0 radical (unpaired) electrons. The normalized spacial score (nSPS) is 11.0. The van der Waals surface area contributed by atoms with Crippen LogP contribution in [-0.2, 0) is 5.75 Å². The van der Waals surface area contributed by atoms with Crippen LogP contribution in [0.2, 0.25) is 0 Å². The van der Waals surface area contributed by atoms with Crippen LogP contribution in [0.25, 0.3) is 0 Å². The van der Waals surface area contributed by atoms with Crippen LogP contribution in [0.3, 0.4) is 0 Å². The number of nitrogens with zero attached hydrogens (tertiary/aromatic N) is 4. The monoisotopic (exact) mass is 354 g/mol. The zero-order valence-electron chi connectivity index (χ0n) is 14.0. The Morgan fingerprint density at radius 1 is 1.12 bits per heavy atom. The van der Waals surface area contributed by atoms with Crippen molar-refractivity contribution in [1.29, 1.82) is 0 Å². The van der Waals surface area contributed by atoms with Crippen molar-refractivity contribution in [3.8, 4) is 11.5 Å². The maximum atomic E-state index is 5.36. The van der Waals surface area contributed by atoms with Crippen molar-refractivity contribution in [1.82, 2.24) is 14.9 Å². The number of aromatic nitrogens is 3. The minimum Gasteiger partial charge on any atom is -0.497 e. The molecule has 0 saturated heterocycles. The first-order valence-corrected chi connectivity index (χ1v) is 8.62. The zero-order valence-corrected chi connectivity index (χ0v) is 14.8. The Bertz CT molecular complexity index is 849. The number of rotatable bonds is 7. The molecule has 0 fully saturated rings. The smallest absolute Gasteiger partial charge is 0.212 e. The lowest BCUT2D eigenvalue weighted by atomic mass is 10.2. The first kappa shape index (κ1) is 17.0. The summed E-state index contributed by atoms with van der Waals surface area (Å²) in [4.78, 5) is 0. The molecule has 25 heavy (non-hydrogen) atoms. The molecule has 0 saturated carbocycles. The van der Waals surface area contributed by atoms with E-state index in [1.165, 1.54) is 5.56 Å². The highest BCUT2D eigenvalue weighted by Crippen LogP contribution is 2.23. The highest BCUT2D eigenvalue weighted by molar-refractivity contribution is 7.98. The second-order valence-corrected chi connectivity index (χ2v) is 6.03. The van der Waals surface area contributed by atoms with Gasteiger partial charge in [-0.3, -0.25) is 0 Å². The van der Waals surface area contributed by atoms with E-state index in [4.69, 9.17) is 9.47 Å². The number of ether oxygens (including phenoxy) is 2. The van der Waals surface area contributed by atoms with Crippen LogP contribution in [0.1, 0.15) is 11.1 Å². The number of thioether (sulfide) groups is 1. The molecular formula is C18H18N4O2S. The molecule has 128 valence electrons. The van der Waals surface area contributed by atoms with E-state index in [0.717, 1.165) is 28.0 Å². The van der Waals surface area contributed by atoms with Gasteiger partial charge in [0.2, 0.25) is 5.16 Å². The molecule has 0 bridgehead atoms. The first-order valence-electron chi connectivity index (χ1n) is 7.63. The molecule has 0 amide bonds. The third kappa shape index (κ3) is 4.39. The van der Waals surface area contributed by atoms with E-state index in [-0.39, 0.29) is 0 Å². The molecule has 0 atom stereocenters. The summed E-state index contributed by atoms with van der Waals surface area (Å²) in [6.45, 7) is 0. The van der Waals surface area contributed by atoms with Gasteiger partial charge in [-0.2, -0.15) is 9.78 Å². The quantitative estimate of drug-likeness (QED) is 0.480. The van der Waals surface area contributed by atoms with Crippen molar-refractivity contribution in [2.45, 2.75) is 10.9 Å². The van der Waals surface area contributed by atoms with Gasteiger partial charge < -0.3 is 9.47 Å². The number of hydrogen-bond donors (Lipinski definition) is 0. The Kier molecular flexibility index (Phi) is 5.69. The molecule has 2 aromatic carbocycles.